The van der Waals surface area contributed by atoms with Gasteiger partial charge < -0.3 is 20.3 Å². The van der Waals surface area contributed by atoms with Crippen LogP contribution < -0.4 is 10.6 Å². The first kappa shape index (κ1) is 26.0. The molecule has 4 rings (SSSR count). The molecule has 0 bridgehead atoms. The fourth-order valence-corrected chi connectivity index (χ4v) is 5.10. The summed E-state index contributed by atoms with van der Waals surface area (Å²) in [5.74, 6) is 1.66. The number of hydrogen-bond acceptors (Lipinski definition) is 4. The van der Waals surface area contributed by atoms with Crippen LogP contribution in [0.1, 0.15) is 43.4 Å². The lowest BCUT2D eigenvalue weighted by atomic mass is 9.88. The lowest BCUT2D eigenvalue weighted by molar-refractivity contribution is 0.0353. The first-order chi connectivity index (χ1) is 15.6. The second-order valence-electron chi connectivity index (χ2n) is 9.40. The van der Waals surface area contributed by atoms with E-state index in [1.165, 1.54) is 17.5 Å². The van der Waals surface area contributed by atoms with Crippen LogP contribution in [0, 0.1) is 5.92 Å². The van der Waals surface area contributed by atoms with Gasteiger partial charge in [0.15, 0.2) is 5.96 Å². The quantitative estimate of drug-likeness (QED) is 0.306. The zero-order valence-corrected chi connectivity index (χ0v) is 22.5. The summed E-state index contributed by atoms with van der Waals surface area (Å²) in [7, 11) is 3.88. The molecule has 0 spiro atoms. The molecule has 2 saturated heterocycles. The van der Waals surface area contributed by atoms with Crippen LogP contribution in [0.4, 0.5) is 0 Å². The molecule has 2 aliphatic rings. The number of ether oxygens (including phenoxy) is 1. The van der Waals surface area contributed by atoms with Crippen molar-refractivity contribution in [2.75, 3.05) is 39.9 Å². The van der Waals surface area contributed by atoms with Gasteiger partial charge >= 0.3 is 0 Å². The SMILES string of the molecule is CN=C(NCC1(NC(C)c2ccccc2)CCOCC1)N1CCC(Cc2cnn(C)c2)C1.I. The Labute approximate surface area is 215 Å². The second-order valence-corrected chi connectivity index (χ2v) is 9.40. The summed E-state index contributed by atoms with van der Waals surface area (Å²) in [4.78, 5) is 7.04. The standard InChI is InChI=1S/C25H38N6O.HI/c1-20(23-7-5-4-6-8-23)29-25(10-13-32-14-11-25)19-27-24(26-2)31-12-9-21(18-31)15-22-16-28-30(3)17-22;/h4-8,16-17,20-21,29H,9-15,18-19H2,1-3H3,(H,26,27);1H. The Morgan fingerprint density at radius 1 is 1.27 bits per heavy atom. The van der Waals surface area contributed by atoms with Gasteiger partial charge in [0.1, 0.15) is 0 Å². The second kappa shape index (κ2) is 12.2. The van der Waals surface area contributed by atoms with Crippen molar-refractivity contribution in [3.63, 3.8) is 0 Å². The van der Waals surface area contributed by atoms with Gasteiger partial charge in [0.2, 0.25) is 0 Å². The van der Waals surface area contributed by atoms with E-state index in [1.54, 1.807) is 0 Å². The van der Waals surface area contributed by atoms with E-state index in [9.17, 15) is 0 Å². The minimum absolute atomic E-state index is 0. The van der Waals surface area contributed by atoms with Gasteiger partial charge in [-0.15, -0.1) is 24.0 Å². The highest BCUT2D eigenvalue weighted by Crippen LogP contribution is 2.26. The number of nitrogens with zero attached hydrogens (tertiary/aromatic N) is 4. The molecule has 2 aliphatic heterocycles. The summed E-state index contributed by atoms with van der Waals surface area (Å²) in [6.45, 7) is 6.79. The van der Waals surface area contributed by atoms with Crippen LogP contribution >= 0.6 is 24.0 Å². The number of aryl methyl sites for hydroxylation is 1. The maximum Gasteiger partial charge on any atom is 0.193 e. The van der Waals surface area contributed by atoms with Crippen molar-refractivity contribution in [2.45, 2.75) is 44.2 Å². The number of rotatable bonds is 7. The zero-order valence-electron chi connectivity index (χ0n) is 20.2. The largest absolute Gasteiger partial charge is 0.381 e. The zero-order chi connectivity index (χ0) is 22.4. The lowest BCUT2D eigenvalue weighted by Gasteiger charge is -2.41. The van der Waals surface area contributed by atoms with E-state index in [0.29, 0.717) is 5.92 Å². The van der Waals surface area contributed by atoms with Crippen LogP contribution in [0.2, 0.25) is 0 Å². The van der Waals surface area contributed by atoms with Gasteiger partial charge in [-0.2, -0.15) is 5.10 Å². The van der Waals surface area contributed by atoms with Crippen molar-refractivity contribution in [1.82, 2.24) is 25.3 Å². The molecule has 2 aromatic rings. The lowest BCUT2D eigenvalue weighted by Crippen LogP contribution is -2.58. The Hall–Kier alpha value is -1.65. The Kier molecular flexibility index (Phi) is 9.57. The average molecular weight is 567 g/mol. The predicted molar refractivity (Wildman–Crippen MR) is 144 cm³/mol. The van der Waals surface area contributed by atoms with Gasteiger partial charge in [0.05, 0.1) is 6.20 Å². The molecule has 0 radical (unpaired) electrons. The Morgan fingerprint density at radius 2 is 2.03 bits per heavy atom. The molecule has 7 nitrogen and oxygen atoms in total. The minimum atomic E-state index is -0.00170. The van der Waals surface area contributed by atoms with E-state index in [2.05, 4.69) is 69.1 Å². The first-order valence-electron chi connectivity index (χ1n) is 11.9. The normalized spacial score (nSPS) is 21.5. The molecule has 3 heterocycles. The third-order valence-electron chi connectivity index (χ3n) is 6.94. The molecule has 2 fully saturated rings. The number of aromatic nitrogens is 2. The Morgan fingerprint density at radius 3 is 2.70 bits per heavy atom. The average Bonchev–Trinajstić information content (AvgIpc) is 3.44. The molecule has 0 aliphatic carbocycles. The van der Waals surface area contributed by atoms with Gasteiger partial charge in [0, 0.05) is 64.7 Å². The molecule has 33 heavy (non-hydrogen) atoms. The van der Waals surface area contributed by atoms with E-state index in [1.807, 2.05) is 25.0 Å². The third-order valence-corrected chi connectivity index (χ3v) is 6.94. The van der Waals surface area contributed by atoms with Gasteiger partial charge in [-0.1, -0.05) is 30.3 Å². The summed E-state index contributed by atoms with van der Waals surface area (Å²) >= 11 is 0. The van der Waals surface area contributed by atoms with Gasteiger partial charge in [-0.3, -0.25) is 9.67 Å². The van der Waals surface area contributed by atoms with Crippen molar-refractivity contribution < 1.29 is 4.74 Å². The number of hydrogen-bond donors (Lipinski definition) is 2. The number of benzene rings is 1. The maximum atomic E-state index is 5.70. The highest BCUT2D eigenvalue weighted by molar-refractivity contribution is 14.0. The van der Waals surface area contributed by atoms with Crippen molar-refractivity contribution in [3.05, 3.63) is 53.9 Å². The Bertz CT molecular complexity index is 880. The molecule has 2 atom stereocenters. The molecule has 0 saturated carbocycles. The van der Waals surface area contributed by atoms with E-state index >= 15 is 0 Å². The predicted octanol–water partition coefficient (Wildman–Crippen LogP) is 3.38. The highest BCUT2D eigenvalue weighted by atomic mass is 127. The maximum absolute atomic E-state index is 5.70. The van der Waals surface area contributed by atoms with E-state index in [-0.39, 0.29) is 35.6 Å². The molecule has 2 unspecified atom stereocenters. The summed E-state index contributed by atoms with van der Waals surface area (Å²) in [6.07, 6.45) is 8.39. The summed E-state index contributed by atoms with van der Waals surface area (Å²) in [5.41, 5.74) is 2.64. The third kappa shape index (κ3) is 6.93. The van der Waals surface area contributed by atoms with Crippen molar-refractivity contribution in [1.29, 1.82) is 0 Å². The molecular weight excluding hydrogens is 527 g/mol. The van der Waals surface area contributed by atoms with E-state index in [0.717, 1.165) is 58.1 Å². The first-order valence-corrected chi connectivity index (χ1v) is 11.9. The highest BCUT2D eigenvalue weighted by Gasteiger charge is 2.35. The summed E-state index contributed by atoms with van der Waals surface area (Å²) in [5, 5.41) is 12.0. The topological polar surface area (TPSA) is 66.7 Å². The summed E-state index contributed by atoms with van der Waals surface area (Å²) in [6, 6.07) is 11.0. The molecular formula is C25H39IN6O. The number of likely N-dealkylation sites (tertiary alicyclic amines) is 1. The number of aliphatic imine (C=N–C) groups is 1. The molecule has 182 valence electrons. The van der Waals surface area contributed by atoms with E-state index < -0.39 is 0 Å². The van der Waals surface area contributed by atoms with Crippen LogP contribution in [0.25, 0.3) is 0 Å². The van der Waals surface area contributed by atoms with Crippen LogP contribution in [-0.2, 0) is 18.2 Å². The van der Waals surface area contributed by atoms with Gasteiger partial charge in [-0.05, 0) is 49.7 Å². The summed E-state index contributed by atoms with van der Waals surface area (Å²) < 4.78 is 7.59. The van der Waals surface area contributed by atoms with Gasteiger partial charge in [-0.25, -0.2) is 0 Å². The van der Waals surface area contributed by atoms with Gasteiger partial charge in [0.25, 0.3) is 0 Å². The monoisotopic (exact) mass is 566 g/mol. The van der Waals surface area contributed by atoms with E-state index in [4.69, 9.17) is 4.74 Å². The number of guanidine groups is 1. The van der Waals surface area contributed by atoms with Crippen LogP contribution in [0.5, 0.6) is 0 Å². The number of halogens is 1. The smallest absolute Gasteiger partial charge is 0.193 e. The van der Waals surface area contributed by atoms with Crippen molar-refractivity contribution in [3.8, 4) is 0 Å². The van der Waals surface area contributed by atoms with Crippen LogP contribution in [-0.4, -0.2) is 66.1 Å². The molecule has 2 N–H and O–H groups in total. The molecule has 0 amide bonds. The fourth-order valence-electron chi connectivity index (χ4n) is 5.10. The van der Waals surface area contributed by atoms with Crippen molar-refractivity contribution in [2.24, 2.45) is 18.0 Å². The van der Waals surface area contributed by atoms with Crippen LogP contribution in [0.15, 0.2) is 47.7 Å². The molecule has 1 aromatic carbocycles. The minimum Gasteiger partial charge on any atom is -0.381 e. The van der Waals surface area contributed by atoms with Crippen LogP contribution in [0.3, 0.4) is 0 Å². The molecule has 8 heteroatoms. The number of nitrogens with one attached hydrogen (secondary N) is 2. The fraction of sp³-hybridized carbons (Fsp3) is 0.600. The molecule has 1 aromatic heterocycles. The van der Waals surface area contributed by atoms with Crippen molar-refractivity contribution >= 4 is 29.9 Å². The Balaban J connectivity index is 0.00000306.